The SMILES string of the molecule is Cn1c(C2CCC(CN3CCC(CCNc4cccc5c4C(=O)N(C4CCC(=O)NC4=O)C5=O)CC3)CC2)nc2cc(C(C)(C)O)c(NC(=O)c3cccc(C(F)(F)F)n3)cc21. The van der Waals surface area contributed by atoms with E-state index in [1.165, 1.54) is 6.07 Å². The number of carbonyl (C=O) groups is 5. The van der Waals surface area contributed by atoms with Crippen molar-refractivity contribution < 1.29 is 42.3 Å². The lowest BCUT2D eigenvalue weighted by Gasteiger charge is -2.36. The maximum atomic E-state index is 13.5. The smallest absolute Gasteiger partial charge is 0.386 e. The highest BCUT2D eigenvalue weighted by Crippen LogP contribution is 2.40. The number of fused-ring (bicyclic) bond motifs is 2. The number of aromatic nitrogens is 3. The molecule has 14 nitrogen and oxygen atoms in total. The number of likely N-dealkylation sites (tertiary alicyclic amines) is 1. The van der Waals surface area contributed by atoms with Crippen molar-refractivity contribution in [1.82, 2.24) is 29.7 Å². The van der Waals surface area contributed by atoms with Crippen LogP contribution in [0.15, 0.2) is 48.5 Å². The molecule has 328 valence electrons. The molecule has 4 aromatic rings. The summed E-state index contributed by atoms with van der Waals surface area (Å²) in [6, 6.07) is 10.7. The number of halogens is 3. The minimum atomic E-state index is -4.70. The lowest BCUT2D eigenvalue weighted by Crippen LogP contribution is -2.54. The van der Waals surface area contributed by atoms with Gasteiger partial charge in [-0.15, -0.1) is 0 Å². The third-order valence-corrected chi connectivity index (χ3v) is 13.0. The predicted molar refractivity (Wildman–Crippen MR) is 223 cm³/mol. The Bertz CT molecular complexity index is 2430. The number of imidazole rings is 1. The monoisotopic (exact) mass is 856 g/mol. The number of hydrogen-bond acceptors (Lipinski definition) is 10. The maximum absolute atomic E-state index is 13.5. The first-order chi connectivity index (χ1) is 29.5. The van der Waals surface area contributed by atoms with E-state index in [9.17, 15) is 42.3 Å². The van der Waals surface area contributed by atoms with E-state index in [1.807, 2.05) is 11.6 Å². The van der Waals surface area contributed by atoms with Crippen LogP contribution in [0.2, 0.25) is 0 Å². The van der Waals surface area contributed by atoms with Crippen LogP contribution in [0.25, 0.3) is 11.0 Å². The van der Waals surface area contributed by atoms with Crippen LogP contribution >= 0.6 is 0 Å². The average Bonchev–Trinajstić information content (AvgIpc) is 3.69. The lowest BCUT2D eigenvalue weighted by molar-refractivity contribution is -0.141. The van der Waals surface area contributed by atoms with Crippen molar-refractivity contribution in [3.05, 3.63) is 82.4 Å². The number of rotatable bonds is 11. The molecule has 2 aromatic heterocycles. The molecular weight excluding hydrogens is 806 g/mol. The summed E-state index contributed by atoms with van der Waals surface area (Å²) >= 11 is 0. The Balaban J connectivity index is 0.826. The second-order valence-electron chi connectivity index (χ2n) is 17.7. The fourth-order valence-corrected chi connectivity index (χ4v) is 9.64. The van der Waals surface area contributed by atoms with Gasteiger partial charge in [0.05, 0.1) is 27.8 Å². The van der Waals surface area contributed by atoms with Crippen molar-refractivity contribution in [3.63, 3.8) is 0 Å². The molecule has 1 saturated carbocycles. The Morgan fingerprint density at radius 3 is 2.31 bits per heavy atom. The number of aryl methyl sites for hydroxylation is 1. The van der Waals surface area contributed by atoms with Crippen LogP contribution in [0.3, 0.4) is 0 Å². The molecule has 0 spiro atoms. The van der Waals surface area contributed by atoms with Gasteiger partial charge in [-0.1, -0.05) is 12.1 Å². The molecule has 5 amide bonds. The van der Waals surface area contributed by atoms with Crippen LogP contribution in [0.4, 0.5) is 24.5 Å². The second kappa shape index (κ2) is 16.9. The van der Waals surface area contributed by atoms with Crippen molar-refractivity contribution in [2.24, 2.45) is 18.9 Å². The summed E-state index contributed by atoms with van der Waals surface area (Å²) < 4.78 is 41.9. The van der Waals surface area contributed by atoms with E-state index < -0.39 is 58.7 Å². The number of anilines is 2. The number of amides is 5. The zero-order chi connectivity index (χ0) is 44.1. The molecule has 1 unspecified atom stereocenters. The largest absolute Gasteiger partial charge is 0.433 e. The van der Waals surface area contributed by atoms with Crippen molar-refractivity contribution in [3.8, 4) is 0 Å². The zero-order valence-electron chi connectivity index (χ0n) is 35.0. The number of imide groups is 2. The van der Waals surface area contributed by atoms with Gasteiger partial charge >= 0.3 is 6.18 Å². The molecule has 0 bridgehead atoms. The predicted octanol–water partition coefficient (Wildman–Crippen LogP) is 6.36. The Hall–Kier alpha value is -5.68. The molecule has 3 aliphatic heterocycles. The van der Waals surface area contributed by atoms with Gasteiger partial charge in [0.2, 0.25) is 11.8 Å². The van der Waals surface area contributed by atoms with Gasteiger partial charge < -0.3 is 25.2 Å². The maximum Gasteiger partial charge on any atom is 0.433 e. The number of nitrogens with one attached hydrogen (secondary N) is 3. The zero-order valence-corrected chi connectivity index (χ0v) is 35.0. The second-order valence-corrected chi connectivity index (χ2v) is 17.7. The molecule has 2 aromatic carbocycles. The summed E-state index contributed by atoms with van der Waals surface area (Å²) in [5, 5.41) is 19.4. The first-order valence-electron chi connectivity index (χ1n) is 21.4. The third kappa shape index (κ3) is 8.69. The van der Waals surface area contributed by atoms with Crippen LogP contribution in [0.5, 0.6) is 0 Å². The number of aliphatic hydroxyl groups is 1. The summed E-state index contributed by atoms with van der Waals surface area (Å²) in [5.41, 5.74) is 0.188. The van der Waals surface area contributed by atoms with Gasteiger partial charge in [-0.25, -0.2) is 9.97 Å². The van der Waals surface area contributed by atoms with Crippen LogP contribution < -0.4 is 16.0 Å². The Kier molecular flexibility index (Phi) is 11.7. The number of piperidine rings is 2. The molecule has 62 heavy (non-hydrogen) atoms. The molecule has 0 radical (unpaired) electrons. The van der Waals surface area contributed by atoms with E-state index in [1.54, 1.807) is 44.2 Å². The first-order valence-corrected chi connectivity index (χ1v) is 21.4. The van der Waals surface area contributed by atoms with Gasteiger partial charge in [-0.3, -0.25) is 34.2 Å². The number of hydrogen-bond donors (Lipinski definition) is 4. The van der Waals surface area contributed by atoms with Crippen molar-refractivity contribution in [2.45, 2.75) is 95.4 Å². The van der Waals surface area contributed by atoms with Gasteiger partial charge in [0.1, 0.15) is 23.3 Å². The minimum absolute atomic E-state index is 0.0695. The Morgan fingerprint density at radius 2 is 1.61 bits per heavy atom. The summed E-state index contributed by atoms with van der Waals surface area (Å²) in [4.78, 5) is 76.0. The van der Waals surface area contributed by atoms with E-state index in [0.29, 0.717) is 35.1 Å². The van der Waals surface area contributed by atoms with Crippen molar-refractivity contribution in [1.29, 1.82) is 0 Å². The van der Waals surface area contributed by atoms with E-state index in [2.05, 4.69) is 25.8 Å². The van der Waals surface area contributed by atoms with E-state index in [4.69, 9.17) is 4.98 Å². The third-order valence-electron chi connectivity index (χ3n) is 13.0. The standard InChI is InChI=1S/C45H51F3N8O6/c1-44(2,62)29-22-33-35(23-32(29)52-40(58)31-8-5-9-36(50-31)45(46,47)48)54(3)39(51-33)27-12-10-26(11-13-27)24-55-20-17-25(18-21-55)16-19-49-30-7-4-6-28-38(30)43(61)56(42(28)60)34-14-15-37(57)53-41(34)59/h4-9,22-23,25-27,34,49,62H,10-21,24H2,1-3H3,(H,52,58)(H,53,57,59). The van der Waals surface area contributed by atoms with Gasteiger partial charge in [0.25, 0.3) is 17.7 Å². The molecule has 1 aliphatic carbocycles. The minimum Gasteiger partial charge on any atom is -0.386 e. The highest BCUT2D eigenvalue weighted by Gasteiger charge is 2.45. The molecule has 1 atom stereocenters. The van der Waals surface area contributed by atoms with Crippen LogP contribution in [0.1, 0.15) is 126 Å². The topological polar surface area (TPSA) is 179 Å². The summed E-state index contributed by atoms with van der Waals surface area (Å²) in [6.07, 6.45) is 2.57. The van der Waals surface area contributed by atoms with Gasteiger partial charge in [0, 0.05) is 49.4 Å². The lowest BCUT2D eigenvalue weighted by atomic mass is 9.81. The fraction of sp³-hybridized carbons (Fsp3) is 0.489. The average molecular weight is 857 g/mol. The number of benzene rings is 2. The summed E-state index contributed by atoms with van der Waals surface area (Å²) in [7, 11) is 1.92. The summed E-state index contributed by atoms with van der Waals surface area (Å²) in [6.45, 7) is 6.84. The molecule has 17 heteroatoms. The molecule has 8 rings (SSSR count). The number of nitrogens with zero attached hydrogens (tertiary/aromatic N) is 5. The van der Waals surface area contributed by atoms with Gasteiger partial charge in [-0.05, 0) is 127 Å². The molecule has 4 aliphatic rings. The molecule has 5 heterocycles. The van der Waals surface area contributed by atoms with Crippen LogP contribution in [0, 0.1) is 11.8 Å². The molecular formula is C45H51F3N8O6. The molecule has 3 fully saturated rings. The van der Waals surface area contributed by atoms with E-state index in [0.717, 1.165) is 93.0 Å². The number of pyridine rings is 1. The fourth-order valence-electron chi connectivity index (χ4n) is 9.64. The van der Waals surface area contributed by atoms with Gasteiger partial charge in [0.15, 0.2) is 0 Å². The molecule has 2 saturated heterocycles. The van der Waals surface area contributed by atoms with Crippen LogP contribution in [-0.2, 0) is 28.4 Å². The van der Waals surface area contributed by atoms with Crippen LogP contribution in [-0.4, -0.2) is 91.2 Å². The number of alkyl halides is 3. The summed E-state index contributed by atoms with van der Waals surface area (Å²) in [5.74, 6) is -0.681. The van der Waals surface area contributed by atoms with Gasteiger partial charge in [-0.2, -0.15) is 13.2 Å². The highest BCUT2D eigenvalue weighted by molar-refractivity contribution is 6.25. The number of carbonyl (C=O) groups excluding carboxylic acids is 5. The molecule has 4 N–H and O–H groups in total. The van der Waals surface area contributed by atoms with E-state index in [-0.39, 0.29) is 35.6 Å². The van der Waals surface area contributed by atoms with Crippen molar-refractivity contribution >= 4 is 51.9 Å². The van der Waals surface area contributed by atoms with Crippen molar-refractivity contribution in [2.75, 3.05) is 36.8 Å². The highest BCUT2D eigenvalue weighted by atomic mass is 19.4. The quantitative estimate of drug-likeness (QED) is 0.124. The normalized spacial score (nSPS) is 21.7. The first kappa shape index (κ1) is 43.0. The Labute approximate surface area is 356 Å². The van der Waals surface area contributed by atoms with E-state index >= 15 is 0 Å². The Morgan fingerprint density at radius 1 is 0.887 bits per heavy atom.